The Morgan fingerprint density at radius 3 is 2.09 bits per heavy atom. The van der Waals surface area contributed by atoms with Crippen molar-refractivity contribution in [3.05, 3.63) is 0 Å². The monoisotopic (exact) mass is 180 g/mol. The fourth-order valence-electron chi connectivity index (χ4n) is 0.725. The summed E-state index contributed by atoms with van der Waals surface area (Å²) in [6.07, 6.45) is 1.02. The molecule has 0 aromatic rings. The van der Waals surface area contributed by atoms with E-state index in [1.165, 1.54) is 0 Å². The largest absolute Gasteiger partial charge is 0.377 e. The third-order valence-electron chi connectivity index (χ3n) is 1.57. The average molecular weight is 180 g/mol. The molecule has 0 aliphatic rings. The zero-order chi connectivity index (χ0) is 9.07. The first-order chi connectivity index (χ1) is 4.92. The highest BCUT2D eigenvalue weighted by Gasteiger charge is 2.25. The maximum atomic E-state index is 11.2. The van der Waals surface area contributed by atoms with Crippen LogP contribution in [0.4, 0.5) is 0 Å². The maximum absolute atomic E-state index is 11.2. The van der Waals surface area contributed by atoms with Crippen LogP contribution in [-0.4, -0.2) is 24.2 Å². The van der Waals surface area contributed by atoms with E-state index in [2.05, 4.69) is 0 Å². The molecule has 0 aromatic heterocycles. The number of aliphatic hydroxyl groups is 1. The third kappa shape index (κ3) is 2.79. The van der Waals surface area contributed by atoms with Gasteiger partial charge in [-0.2, -0.15) is 0 Å². The van der Waals surface area contributed by atoms with Crippen molar-refractivity contribution in [3.63, 3.8) is 0 Å². The van der Waals surface area contributed by atoms with Crippen molar-refractivity contribution in [2.45, 2.75) is 44.3 Å². The van der Waals surface area contributed by atoms with Crippen molar-refractivity contribution < 1.29 is 13.5 Å². The first kappa shape index (κ1) is 10.9. The molecule has 0 heterocycles. The number of hydrogen-bond acceptors (Lipinski definition) is 3. The van der Waals surface area contributed by atoms with Gasteiger partial charge in [-0.1, -0.05) is 13.3 Å². The molecule has 1 unspecified atom stereocenters. The van der Waals surface area contributed by atoms with Crippen molar-refractivity contribution >= 4 is 9.84 Å². The van der Waals surface area contributed by atoms with Gasteiger partial charge < -0.3 is 5.11 Å². The van der Waals surface area contributed by atoms with Crippen LogP contribution in [0.25, 0.3) is 0 Å². The van der Waals surface area contributed by atoms with E-state index in [1.54, 1.807) is 13.8 Å². The lowest BCUT2D eigenvalue weighted by Crippen LogP contribution is -2.27. The molecule has 0 rings (SSSR count). The van der Waals surface area contributed by atoms with Crippen LogP contribution in [0.3, 0.4) is 0 Å². The van der Waals surface area contributed by atoms with Crippen molar-refractivity contribution in [3.8, 4) is 0 Å². The molecule has 0 aliphatic carbocycles. The summed E-state index contributed by atoms with van der Waals surface area (Å²) in [7, 11) is -3.28. The Morgan fingerprint density at radius 2 is 1.82 bits per heavy atom. The van der Waals surface area contributed by atoms with Crippen LogP contribution in [0.1, 0.15) is 33.6 Å². The molecule has 68 valence electrons. The van der Waals surface area contributed by atoms with E-state index in [9.17, 15) is 8.42 Å². The molecule has 0 radical (unpaired) electrons. The van der Waals surface area contributed by atoms with Gasteiger partial charge >= 0.3 is 0 Å². The smallest absolute Gasteiger partial charge is 0.179 e. The lowest BCUT2D eigenvalue weighted by Gasteiger charge is -2.13. The predicted molar refractivity (Wildman–Crippen MR) is 45.0 cm³/mol. The number of rotatable bonds is 4. The molecule has 0 aromatic carbocycles. The standard InChI is InChI=1S/C7H16O3S/c1-4-5-7(8)11(9,10)6(2)3/h6-8H,4-5H2,1-3H3. The van der Waals surface area contributed by atoms with E-state index in [0.29, 0.717) is 12.8 Å². The van der Waals surface area contributed by atoms with E-state index in [4.69, 9.17) is 5.11 Å². The molecule has 0 fully saturated rings. The SMILES string of the molecule is CCCC(O)S(=O)(=O)C(C)C. The van der Waals surface area contributed by atoms with Crippen LogP contribution in [0.5, 0.6) is 0 Å². The zero-order valence-corrected chi connectivity index (χ0v) is 8.06. The summed E-state index contributed by atoms with van der Waals surface area (Å²) in [5, 5.41) is 8.68. The van der Waals surface area contributed by atoms with Gasteiger partial charge in [-0.25, -0.2) is 8.42 Å². The molecular formula is C7H16O3S. The van der Waals surface area contributed by atoms with Crippen LogP contribution >= 0.6 is 0 Å². The fourth-order valence-corrected chi connectivity index (χ4v) is 1.92. The minimum atomic E-state index is -3.28. The number of hydrogen-bond donors (Lipinski definition) is 1. The van der Waals surface area contributed by atoms with Crippen molar-refractivity contribution in [2.75, 3.05) is 0 Å². The highest BCUT2D eigenvalue weighted by molar-refractivity contribution is 7.92. The van der Waals surface area contributed by atoms with Crippen molar-refractivity contribution in [1.82, 2.24) is 0 Å². The molecule has 0 saturated carbocycles. The molecule has 1 N–H and O–H groups in total. The van der Waals surface area contributed by atoms with Gasteiger partial charge in [0.15, 0.2) is 15.3 Å². The minimum Gasteiger partial charge on any atom is -0.377 e. The topological polar surface area (TPSA) is 54.4 Å². The highest BCUT2D eigenvalue weighted by atomic mass is 32.2. The van der Waals surface area contributed by atoms with Gasteiger partial charge in [0.2, 0.25) is 0 Å². The molecular weight excluding hydrogens is 164 g/mol. The Labute approximate surface area is 68.3 Å². The summed E-state index contributed by atoms with van der Waals surface area (Å²) in [5.74, 6) is 0. The molecule has 0 amide bonds. The zero-order valence-electron chi connectivity index (χ0n) is 7.24. The quantitative estimate of drug-likeness (QED) is 0.700. The van der Waals surface area contributed by atoms with Gasteiger partial charge in [-0.05, 0) is 20.3 Å². The molecule has 4 heteroatoms. The van der Waals surface area contributed by atoms with E-state index >= 15 is 0 Å². The van der Waals surface area contributed by atoms with Gasteiger partial charge in [0.1, 0.15) is 0 Å². The second-order valence-corrected chi connectivity index (χ2v) is 5.55. The average Bonchev–Trinajstić information content (AvgIpc) is 1.88. The molecule has 1 atom stereocenters. The van der Waals surface area contributed by atoms with Gasteiger partial charge in [0, 0.05) is 0 Å². The van der Waals surface area contributed by atoms with E-state index in [1.807, 2.05) is 6.92 Å². The number of aliphatic hydroxyl groups excluding tert-OH is 1. The van der Waals surface area contributed by atoms with Gasteiger partial charge in [0.25, 0.3) is 0 Å². The maximum Gasteiger partial charge on any atom is 0.179 e. The van der Waals surface area contributed by atoms with Gasteiger partial charge in [-0.15, -0.1) is 0 Å². The summed E-state index contributed by atoms with van der Waals surface area (Å²) < 4.78 is 22.3. The molecule has 0 bridgehead atoms. The van der Waals surface area contributed by atoms with Crippen LogP contribution < -0.4 is 0 Å². The van der Waals surface area contributed by atoms with Gasteiger partial charge in [0.05, 0.1) is 5.25 Å². The first-order valence-corrected chi connectivity index (χ1v) is 5.44. The summed E-state index contributed by atoms with van der Waals surface area (Å²) in [6.45, 7) is 5.00. The second kappa shape index (κ2) is 4.07. The van der Waals surface area contributed by atoms with Crippen LogP contribution in [0.15, 0.2) is 0 Å². The summed E-state index contributed by atoms with van der Waals surface area (Å²) in [5.41, 5.74) is -1.17. The first-order valence-electron chi connectivity index (χ1n) is 3.83. The number of sulfone groups is 1. The van der Waals surface area contributed by atoms with E-state index in [-0.39, 0.29) is 0 Å². The Hall–Kier alpha value is -0.0900. The lowest BCUT2D eigenvalue weighted by atomic mass is 10.4. The minimum absolute atomic E-state index is 0.334. The molecule has 0 spiro atoms. The molecule has 0 aliphatic heterocycles. The van der Waals surface area contributed by atoms with E-state index in [0.717, 1.165) is 0 Å². The normalized spacial score (nSPS) is 15.4. The molecule has 11 heavy (non-hydrogen) atoms. The van der Waals surface area contributed by atoms with Crippen LogP contribution in [0.2, 0.25) is 0 Å². The molecule has 0 saturated heterocycles. The van der Waals surface area contributed by atoms with Crippen LogP contribution in [0, 0.1) is 0 Å². The highest BCUT2D eigenvalue weighted by Crippen LogP contribution is 2.11. The van der Waals surface area contributed by atoms with Crippen molar-refractivity contribution in [1.29, 1.82) is 0 Å². The Bertz CT molecular complexity index is 194. The van der Waals surface area contributed by atoms with E-state index < -0.39 is 20.5 Å². The Balaban J connectivity index is 4.32. The fraction of sp³-hybridized carbons (Fsp3) is 1.00. The lowest BCUT2D eigenvalue weighted by molar-refractivity contribution is 0.236. The van der Waals surface area contributed by atoms with Crippen molar-refractivity contribution in [2.24, 2.45) is 0 Å². The summed E-state index contributed by atoms with van der Waals surface area (Å²) in [4.78, 5) is 0. The summed E-state index contributed by atoms with van der Waals surface area (Å²) in [6, 6.07) is 0. The summed E-state index contributed by atoms with van der Waals surface area (Å²) >= 11 is 0. The third-order valence-corrected chi connectivity index (χ3v) is 3.88. The Morgan fingerprint density at radius 1 is 1.36 bits per heavy atom. The van der Waals surface area contributed by atoms with Crippen LogP contribution in [-0.2, 0) is 9.84 Å². The predicted octanol–water partition coefficient (Wildman–Crippen LogP) is 0.928. The Kier molecular flexibility index (Phi) is 4.03. The second-order valence-electron chi connectivity index (χ2n) is 2.88. The van der Waals surface area contributed by atoms with Gasteiger partial charge in [-0.3, -0.25) is 0 Å². The molecule has 3 nitrogen and oxygen atoms in total.